The van der Waals surface area contributed by atoms with Crippen molar-refractivity contribution >= 4 is 34.4 Å². The van der Waals surface area contributed by atoms with E-state index >= 15 is 0 Å². The van der Waals surface area contributed by atoms with Crippen LogP contribution >= 0.6 is 0 Å². The van der Waals surface area contributed by atoms with Gasteiger partial charge in [-0.2, -0.15) is 0 Å². The van der Waals surface area contributed by atoms with Crippen LogP contribution < -0.4 is 10.6 Å². The minimum absolute atomic E-state index is 0.208. The molecule has 0 radical (unpaired) electrons. The first kappa shape index (κ1) is 28.3. The maximum absolute atomic E-state index is 13.3. The van der Waals surface area contributed by atoms with E-state index in [1.807, 2.05) is 24.3 Å². The number of carbonyl (C=O) groups is 4. The highest BCUT2D eigenvalue weighted by molar-refractivity contribution is 5.97. The van der Waals surface area contributed by atoms with Crippen LogP contribution in [0.2, 0.25) is 0 Å². The summed E-state index contributed by atoms with van der Waals surface area (Å²) in [6.07, 6.45) is 0.183. The van der Waals surface area contributed by atoms with E-state index in [-0.39, 0.29) is 29.9 Å². The lowest BCUT2D eigenvalue weighted by atomic mass is 9.98. The summed E-state index contributed by atoms with van der Waals surface area (Å²) >= 11 is 0. The maximum Gasteiger partial charge on any atom is 0.245 e. The van der Waals surface area contributed by atoms with E-state index in [1.54, 1.807) is 40.9 Å². The van der Waals surface area contributed by atoms with Crippen molar-refractivity contribution in [3.63, 3.8) is 0 Å². The topological polar surface area (TPSA) is 144 Å². The molecule has 37 heavy (non-hydrogen) atoms. The van der Waals surface area contributed by atoms with Gasteiger partial charge in [-0.05, 0) is 24.5 Å². The molecular weight excluding hydrogens is 476 g/mol. The fraction of sp³-hybridized carbons (Fsp3) is 0.556. The number of fused-ring (bicyclic) bond motifs is 1. The third-order valence-electron chi connectivity index (χ3n) is 6.63. The van der Waals surface area contributed by atoms with Crippen LogP contribution in [0.25, 0.3) is 10.9 Å². The Hall–Kier alpha value is -3.24. The largest absolute Gasteiger partial charge is 0.391 e. The number of aliphatic hydroxyl groups excluding tert-OH is 1. The molecule has 1 aromatic heterocycles. The number of nitrogens with zero attached hydrogens (tertiary/aromatic N) is 1. The van der Waals surface area contributed by atoms with E-state index < -0.39 is 42.1 Å². The molecule has 1 aliphatic heterocycles. The highest BCUT2D eigenvalue weighted by Crippen LogP contribution is 2.22. The Morgan fingerprint density at radius 3 is 2.30 bits per heavy atom. The molecule has 1 saturated heterocycles. The van der Waals surface area contributed by atoms with Gasteiger partial charge in [0, 0.05) is 36.5 Å². The van der Waals surface area contributed by atoms with Crippen LogP contribution in [0.1, 0.15) is 40.2 Å². The molecular formula is C27H38N4O6. The number of H-pyrrole nitrogens is 1. The van der Waals surface area contributed by atoms with Gasteiger partial charge in [-0.1, -0.05) is 45.9 Å². The van der Waals surface area contributed by atoms with Crippen LogP contribution in [0.15, 0.2) is 30.5 Å². The SMILES string of the molecule is CC(C)C(=O)N(C)[C@H](C(=O)N[C@H](C(=O)N[C@@H](Cc1c[nH]c2ccccc12)C(=O)[C@H]1CO1)[C@@H](C)O)C(C)C. The highest BCUT2D eigenvalue weighted by Gasteiger charge is 2.40. The third kappa shape index (κ3) is 6.75. The van der Waals surface area contributed by atoms with Crippen LogP contribution in [0.3, 0.4) is 0 Å². The van der Waals surface area contributed by atoms with E-state index in [2.05, 4.69) is 15.6 Å². The van der Waals surface area contributed by atoms with Crippen LogP contribution in [0.5, 0.6) is 0 Å². The molecule has 3 amide bonds. The number of benzene rings is 1. The van der Waals surface area contributed by atoms with Gasteiger partial charge in [0.15, 0.2) is 5.78 Å². The molecule has 1 aromatic carbocycles. The molecule has 0 unspecified atom stereocenters. The van der Waals surface area contributed by atoms with Crippen molar-refractivity contribution in [2.75, 3.05) is 13.7 Å². The van der Waals surface area contributed by atoms with Crippen LogP contribution in [-0.2, 0) is 30.3 Å². The second-order valence-electron chi connectivity index (χ2n) is 10.4. The molecule has 2 heterocycles. The van der Waals surface area contributed by atoms with Gasteiger partial charge in [0.2, 0.25) is 17.7 Å². The Bertz CT molecular complexity index is 1140. The van der Waals surface area contributed by atoms with Gasteiger partial charge in [0.25, 0.3) is 0 Å². The van der Waals surface area contributed by atoms with Gasteiger partial charge in [-0.15, -0.1) is 0 Å². The summed E-state index contributed by atoms with van der Waals surface area (Å²) in [4.78, 5) is 56.6. The van der Waals surface area contributed by atoms with Crippen molar-refractivity contribution in [2.45, 2.75) is 71.4 Å². The van der Waals surface area contributed by atoms with Gasteiger partial charge >= 0.3 is 0 Å². The predicted molar refractivity (Wildman–Crippen MR) is 139 cm³/mol. The van der Waals surface area contributed by atoms with E-state index in [4.69, 9.17) is 4.74 Å². The van der Waals surface area contributed by atoms with Crippen molar-refractivity contribution in [2.24, 2.45) is 11.8 Å². The fourth-order valence-corrected chi connectivity index (χ4v) is 4.56. The Morgan fingerprint density at radius 1 is 1.08 bits per heavy atom. The molecule has 0 bridgehead atoms. The van der Waals surface area contributed by atoms with Crippen molar-refractivity contribution in [1.82, 2.24) is 20.5 Å². The number of hydrogen-bond acceptors (Lipinski definition) is 6. The van der Waals surface area contributed by atoms with Crippen LogP contribution in [-0.4, -0.2) is 82.5 Å². The number of epoxide rings is 1. The predicted octanol–water partition coefficient (Wildman–Crippen LogP) is 1.17. The average Bonchev–Trinajstić information content (AvgIpc) is 3.61. The zero-order valence-corrected chi connectivity index (χ0v) is 22.3. The molecule has 1 fully saturated rings. The van der Waals surface area contributed by atoms with E-state index in [9.17, 15) is 24.3 Å². The molecule has 3 rings (SSSR count). The van der Waals surface area contributed by atoms with Gasteiger partial charge < -0.3 is 30.4 Å². The molecule has 1 aliphatic rings. The summed E-state index contributed by atoms with van der Waals surface area (Å²) in [7, 11) is 1.55. The monoisotopic (exact) mass is 514 g/mol. The second-order valence-corrected chi connectivity index (χ2v) is 10.4. The number of amides is 3. The Morgan fingerprint density at radius 2 is 1.73 bits per heavy atom. The smallest absolute Gasteiger partial charge is 0.245 e. The Labute approximate surface area is 217 Å². The van der Waals surface area contributed by atoms with Crippen molar-refractivity contribution in [3.8, 4) is 0 Å². The number of rotatable bonds is 12. The minimum atomic E-state index is -1.32. The van der Waals surface area contributed by atoms with Crippen molar-refractivity contribution in [3.05, 3.63) is 36.0 Å². The van der Waals surface area contributed by atoms with Gasteiger partial charge in [0.1, 0.15) is 18.2 Å². The summed E-state index contributed by atoms with van der Waals surface area (Å²) in [5, 5.41) is 16.7. The quantitative estimate of drug-likeness (QED) is 0.313. The Kier molecular flexibility index (Phi) is 9.09. The summed E-state index contributed by atoms with van der Waals surface area (Å²) in [5.74, 6) is -2.28. The lowest BCUT2D eigenvalue weighted by Crippen LogP contribution is -2.60. The third-order valence-corrected chi connectivity index (χ3v) is 6.63. The van der Waals surface area contributed by atoms with Gasteiger partial charge in [-0.25, -0.2) is 0 Å². The number of ether oxygens (including phenoxy) is 1. The second kappa shape index (κ2) is 11.9. The molecule has 0 aliphatic carbocycles. The number of Topliss-reactive ketones (excluding diaryl/α,β-unsaturated/α-hetero) is 1. The normalized spacial score (nSPS) is 18.2. The first-order chi connectivity index (χ1) is 17.4. The Balaban J connectivity index is 1.78. The van der Waals surface area contributed by atoms with Crippen molar-refractivity contribution in [1.29, 1.82) is 0 Å². The maximum atomic E-state index is 13.3. The number of para-hydroxylation sites is 1. The first-order valence-corrected chi connectivity index (χ1v) is 12.7. The number of aromatic nitrogens is 1. The number of likely N-dealkylation sites (N-methyl/N-ethyl adjacent to an activating group) is 1. The summed E-state index contributed by atoms with van der Waals surface area (Å²) < 4.78 is 5.17. The zero-order valence-electron chi connectivity index (χ0n) is 22.3. The highest BCUT2D eigenvalue weighted by atomic mass is 16.6. The average molecular weight is 515 g/mol. The molecule has 10 nitrogen and oxygen atoms in total. The molecule has 10 heteroatoms. The van der Waals surface area contributed by atoms with Crippen LogP contribution in [0, 0.1) is 11.8 Å². The molecule has 2 aromatic rings. The lowest BCUT2D eigenvalue weighted by Gasteiger charge is -2.33. The number of nitrogens with one attached hydrogen (secondary N) is 3. The number of aliphatic hydroxyl groups is 1. The standard InChI is InChI=1S/C27H38N4O6/c1-14(2)23(31(6)27(36)15(3)4)26(35)30-22(16(5)32)25(34)29-20(24(33)21-13-37-21)11-17-12-28-19-10-8-7-9-18(17)19/h7-10,12,14-16,20-23,28,32H,11,13H2,1-6H3,(H,29,34)(H,30,35)/t16-,20+,21-,22+,23+/m1/s1. The number of hydrogen-bond donors (Lipinski definition) is 4. The van der Waals surface area contributed by atoms with Gasteiger partial charge in [-0.3, -0.25) is 19.2 Å². The molecule has 4 N–H and O–H groups in total. The molecule has 0 spiro atoms. The lowest BCUT2D eigenvalue weighted by molar-refractivity contribution is -0.144. The van der Waals surface area contributed by atoms with Crippen LogP contribution in [0.4, 0.5) is 0 Å². The van der Waals surface area contributed by atoms with E-state index in [0.717, 1.165) is 16.5 Å². The fourth-order valence-electron chi connectivity index (χ4n) is 4.56. The summed E-state index contributed by atoms with van der Waals surface area (Å²) in [6, 6.07) is 4.56. The molecule has 5 atom stereocenters. The van der Waals surface area contributed by atoms with Crippen molar-refractivity contribution < 1.29 is 29.0 Å². The number of ketones is 1. The molecule has 202 valence electrons. The first-order valence-electron chi connectivity index (χ1n) is 12.7. The summed E-state index contributed by atoms with van der Waals surface area (Å²) in [6.45, 7) is 8.78. The van der Waals surface area contributed by atoms with E-state index in [1.165, 1.54) is 11.8 Å². The zero-order chi connectivity index (χ0) is 27.4. The number of carbonyl (C=O) groups excluding carboxylic acids is 4. The number of aromatic amines is 1. The summed E-state index contributed by atoms with van der Waals surface area (Å²) in [5.41, 5.74) is 1.76. The van der Waals surface area contributed by atoms with Gasteiger partial charge in [0.05, 0.1) is 18.8 Å². The molecule has 0 saturated carbocycles. The van der Waals surface area contributed by atoms with E-state index in [0.29, 0.717) is 6.61 Å². The minimum Gasteiger partial charge on any atom is -0.391 e.